The Kier molecular flexibility index (Phi) is 14.0. The zero-order chi connectivity index (χ0) is 24.6. The molecule has 7 heteroatoms. The smallest absolute Gasteiger partial charge is 0.307 e. The van der Waals surface area contributed by atoms with Crippen molar-refractivity contribution in [1.82, 2.24) is 9.21 Å². The number of esters is 1. The number of nitrogens with zero attached hydrogens (tertiary/aromatic N) is 2. The van der Waals surface area contributed by atoms with E-state index in [1.165, 1.54) is 44.9 Å². The van der Waals surface area contributed by atoms with Crippen molar-refractivity contribution in [3.8, 4) is 0 Å². The van der Waals surface area contributed by atoms with Crippen molar-refractivity contribution < 1.29 is 14.3 Å². The van der Waals surface area contributed by atoms with Gasteiger partial charge >= 0.3 is 5.97 Å². The highest BCUT2D eigenvalue weighted by Crippen LogP contribution is 2.31. The van der Waals surface area contributed by atoms with Crippen LogP contribution in [0.15, 0.2) is 29.3 Å². The summed E-state index contributed by atoms with van der Waals surface area (Å²) in [5, 5.41) is 0. The van der Waals surface area contributed by atoms with Crippen LogP contribution in [0.25, 0.3) is 6.08 Å². The lowest BCUT2D eigenvalue weighted by Crippen LogP contribution is -2.22. The molecule has 0 saturated carbocycles. The van der Waals surface area contributed by atoms with Crippen LogP contribution in [0.2, 0.25) is 0 Å². The summed E-state index contributed by atoms with van der Waals surface area (Å²) in [5.41, 5.74) is 7.54. The Morgan fingerprint density at radius 3 is 2.53 bits per heavy atom. The number of benzene rings is 1. The van der Waals surface area contributed by atoms with Gasteiger partial charge < -0.3 is 15.4 Å². The molecule has 0 bridgehead atoms. The molecule has 1 saturated heterocycles. The van der Waals surface area contributed by atoms with Gasteiger partial charge in [-0.2, -0.15) is 0 Å². The number of hydrogen-bond donors (Lipinski definition) is 1. The molecular formula is C27H43N3O3S. The maximum absolute atomic E-state index is 12.1. The van der Waals surface area contributed by atoms with E-state index in [-0.39, 0.29) is 18.7 Å². The van der Waals surface area contributed by atoms with Crippen LogP contribution in [0, 0.1) is 0 Å². The molecule has 1 heterocycles. The quantitative estimate of drug-likeness (QED) is 0.0965. The highest BCUT2D eigenvalue weighted by atomic mass is 32.2. The summed E-state index contributed by atoms with van der Waals surface area (Å²) in [7, 11) is 1.86. The van der Waals surface area contributed by atoms with Gasteiger partial charge in [0.2, 0.25) is 0 Å². The van der Waals surface area contributed by atoms with Crippen LogP contribution in [0.4, 0.5) is 0 Å². The van der Waals surface area contributed by atoms with E-state index in [4.69, 9.17) is 10.5 Å². The third-order valence-corrected chi connectivity index (χ3v) is 7.19. The van der Waals surface area contributed by atoms with E-state index in [1.54, 1.807) is 11.9 Å². The maximum Gasteiger partial charge on any atom is 0.307 e. The number of carbonyl (C=O) groups excluding carboxylic acids is 2. The van der Waals surface area contributed by atoms with Crippen LogP contribution in [0.1, 0.15) is 93.5 Å². The molecule has 1 atom stereocenters. The Bertz CT molecular complexity index is 771. The van der Waals surface area contributed by atoms with Crippen LogP contribution in [-0.2, 0) is 9.53 Å². The molecule has 6 nitrogen and oxygen atoms in total. The summed E-state index contributed by atoms with van der Waals surface area (Å²) < 4.78 is 7.65. The number of hydrogen-bond acceptors (Lipinski definition) is 7. The third kappa shape index (κ3) is 11.1. The number of ether oxygens (including phenoxy) is 1. The maximum atomic E-state index is 12.1. The molecule has 1 unspecified atom stereocenters. The van der Waals surface area contributed by atoms with Crippen molar-refractivity contribution in [3.05, 3.63) is 35.5 Å². The van der Waals surface area contributed by atoms with Gasteiger partial charge in [-0.1, -0.05) is 70.4 Å². The van der Waals surface area contributed by atoms with Crippen molar-refractivity contribution in [2.24, 2.45) is 5.73 Å². The molecule has 1 fully saturated rings. The first kappa shape index (κ1) is 28.4. The van der Waals surface area contributed by atoms with Gasteiger partial charge in [-0.25, -0.2) is 4.31 Å². The molecule has 190 valence electrons. The average molecular weight is 490 g/mol. The van der Waals surface area contributed by atoms with Gasteiger partial charge in [-0.3, -0.25) is 9.59 Å². The first-order valence-corrected chi connectivity index (χ1v) is 13.6. The van der Waals surface area contributed by atoms with E-state index < -0.39 is 0 Å². The minimum absolute atomic E-state index is 0.155. The Balaban J connectivity index is 1.71. The van der Waals surface area contributed by atoms with Crippen LogP contribution in [0.3, 0.4) is 0 Å². The fraction of sp³-hybridized carbons (Fsp3) is 0.630. The minimum Gasteiger partial charge on any atom is -0.444 e. The second kappa shape index (κ2) is 16.7. The Labute approximate surface area is 210 Å². The Morgan fingerprint density at radius 1 is 1.18 bits per heavy atom. The first-order valence-electron chi connectivity index (χ1n) is 12.8. The van der Waals surface area contributed by atoms with Crippen LogP contribution >= 0.6 is 11.9 Å². The Morgan fingerprint density at radius 2 is 1.88 bits per heavy atom. The molecule has 1 aromatic carbocycles. The van der Waals surface area contributed by atoms with Gasteiger partial charge in [-0.15, -0.1) is 0 Å². The van der Waals surface area contributed by atoms with Gasteiger partial charge in [-0.05, 0) is 36.9 Å². The summed E-state index contributed by atoms with van der Waals surface area (Å²) in [6.07, 6.45) is 17.2. The van der Waals surface area contributed by atoms with Crippen LogP contribution in [0.5, 0.6) is 0 Å². The summed E-state index contributed by atoms with van der Waals surface area (Å²) in [6, 6.07) is 5.94. The van der Waals surface area contributed by atoms with Gasteiger partial charge in [0.15, 0.2) is 13.0 Å². The fourth-order valence-corrected chi connectivity index (χ4v) is 5.13. The van der Waals surface area contributed by atoms with E-state index >= 15 is 0 Å². The molecule has 0 aliphatic carbocycles. The number of carbonyl (C=O) groups is 2. The number of aldehydes is 1. The lowest BCUT2D eigenvalue weighted by molar-refractivity contribution is -0.147. The lowest BCUT2D eigenvalue weighted by atomic mass is 10.1. The predicted molar refractivity (Wildman–Crippen MR) is 141 cm³/mol. The lowest BCUT2D eigenvalue weighted by Gasteiger charge is -2.17. The van der Waals surface area contributed by atoms with Crippen molar-refractivity contribution in [1.29, 1.82) is 0 Å². The molecule has 1 aliphatic heterocycles. The highest BCUT2D eigenvalue weighted by molar-refractivity contribution is 7.97. The van der Waals surface area contributed by atoms with Gasteiger partial charge in [0, 0.05) is 54.8 Å². The van der Waals surface area contributed by atoms with Gasteiger partial charge in [0.25, 0.3) is 0 Å². The third-order valence-electron chi connectivity index (χ3n) is 6.05. The predicted octanol–water partition coefficient (Wildman–Crippen LogP) is 5.86. The molecule has 2 rings (SSSR count). The molecule has 0 spiro atoms. The summed E-state index contributed by atoms with van der Waals surface area (Å²) in [5.74, 6) is -0.155. The van der Waals surface area contributed by atoms with E-state index in [9.17, 15) is 9.59 Å². The largest absolute Gasteiger partial charge is 0.444 e. The molecule has 0 aromatic heterocycles. The summed E-state index contributed by atoms with van der Waals surface area (Å²) in [4.78, 5) is 26.5. The van der Waals surface area contributed by atoms with Crippen molar-refractivity contribution in [2.45, 2.75) is 88.5 Å². The zero-order valence-electron chi connectivity index (χ0n) is 21.0. The number of rotatable bonds is 17. The molecular weight excluding hydrogens is 446 g/mol. The van der Waals surface area contributed by atoms with E-state index in [2.05, 4.69) is 11.2 Å². The normalized spacial score (nSPS) is 16.3. The highest BCUT2D eigenvalue weighted by Gasteiger charge is 2.21. The van der Waals surface area contributed by atoms with E-state index in [1.807, 2.05) is 42.4 Å². The molecule has 0 amide bonds. The molecule has 1 aromatic rings. The van der Waals surface area contributed by atoms with E-state index in [0.29, 0.717) is 12.0 Å². The first-order chi connectivity index (χ1) is 16.5. The minimum atomic E-state index is -0.155. The number of unbranched alkanes of at least 4 members (excludes halogenated alkanes) is 8. The SMILES string of the molecule is CCCCCCCCCCCC(=O)OCN(C)/C=C\c1c(C=O)cccc1SN1CCC(N)C1. The Hall–Kier alpha value is -1.83. The summed E-state index contributed by atoms with van der Waals surface area (Å²) >= 11 is 1.64. The molecule has 34 heavy (non-hydrogen) atoms. The van der Waals surface area contributed by atoms with Gasteiger partial charge in [0.1, 0.15) is 0 Å². The van der Waals surface area contributed by atoms with Gasteiger partial charge in [0.05, 0.1) is 0 Å². The zero-order valence-corrected chi connectivity index (χ0v) is 21.9. The van der Waals surface area contributed by atoms with Crippen molar-refractivity contribution in [2.75, 3.05) is 26.9 Å². The fourth-order valence-electron chi connectivity index (χ4n) is 3.97. The van der Waals surface area contributed by atoms with E-state index in [0.717, 1.165) is 49.1 Å². The topological polar surface area (TPSA) is 75.9 Å². The van der Waals surface area contributed by atoms with Crippen molar-refractivity contribution in [3.63, 3.8) is 0 Å². The second-order valence-corrected chi connectivity index (χ2v) is 10.3. The standard InChI is InChI=1S/C27H43N3O3S/c1-3-4-5-6-7-8-9-10-11-15-27(32)33-22-29(2)18-17-25-23(21-31)13-12-14-26(25)34-30-19-16-24(28)20-30/h12-14,17-18,21,24H,3-11,15-16,19-20,22,28H2,1-2H3/b18-17-. The van der Waals surface area contributed by atoms with Crippen LogP contribution in [-0.4, -0.2) is 54.4 Å². The summed E-state index contributed by atoms with van der Waals surface area (Å²) in [6.45, 7) is 4.21. The molecule has 1 aliphatic rings. The van der Waals surface area contributed by atoms with Crippen LogP contribution < -0.4 is 5.73 Å². The molecule has 0 radical (unpaired) electrons. The number of nitrogens with two attached hydrogens (primary N) is 1. The average Bonchev–Trinajstić information content (AvgIpc) is 3.25. The molecule has 2 N–H and O–H groups in total. The second-order valence-electron chi connectivity index (χ2n) is 9.20. The monoisotopic (exact) mass is 489 g/mol. The van der Waals surface area contributed by atoms with Crippen molar-refractivity contribution >= 4 is 30.3 Å².